The van der Waals surface area contributed by atoms with Crippen LogP contribution in [0.5, 0.6) is 5.75 Å². The number of benzene rings is 3. The number of phenolic OH excluding ortho intramolecular Hbond substituents is 1. The first-order chi connectivity index (χ1) is 9.27. The van der Waals surface area contributed by atoms with E-state index in [9.17, 15) is 10.2 Å². The van der Waals surface area contributed by atoms with Gasteiger partial charge in [0, 0.05) is 5.39 Å². The normalized spacial score (nSPS) is 16.4. The Balaban J connectivity index is 2.21. The predicted octanol–water partition coefficient (Wildman–Crippen LogP) is 3.61. The summed E-state index contributed by atoms with van der Waals surface area (Å²) in [5.74, 6) is 0.223. The van der Waals surface area contributed by atoms with Crippen molar-refractivity contribution >= 4 is 10.8 Å². The molecule has 0 radical (unpaired) electrons. The Kier molecular flexibility index (Phi) is 2.00. The van der Waals surface area contributed by atoms with Crippen LogP contribution in [0.3, 0.4) is 0 Å². The third-order valence-electron chi connectivity index (χ3n) is 3.87. The van der Waals surface area contributed by atoms with Crippen LogP contribution in [0.25, 0.3) is 21.9 Å². The van der Waals surface area contributed by atoms with Crippen molar-refractivity contribution in [3.8, 4) is 16.9 Å². The molecule has 1 aliphatic rings. The van der Waals surface area contributed by atoms with Gasteiger partial charge in [-0.3, -0.25) is 0 Å². The van der Waals surface area contributed by atoms with Gasteiger partial charge in [-0.2, -0.15) is 0 Å². The van der Waals surface area contributed by atoms with Crippen LogP contribution in [0, 0.1) is 0 Å². The molecule has 3 aromatic carbocycles. The smallest absolute Gasteiger partial charge is 0.123 e. The second-order valence-corrected chi connectivity index (χ2v) is 4.90. The van der Waals surface area contributed by atoms with Crippen LogP contribution in [-0.4, -0.2) is 10.2 Å². The third-order valence-corrected chi connectivity index (χ3v) is 3.87. The molecule has 4 rings (SSSR count). The second kappa shape index (κ2) is 3.59. The van der Waals surface area contributed by atoms with Gasteiger partial charge in [-0.05, 0) is 33.7 Å². The highest BCUT2D eigenvalue weighted by molar-refractivity contribution is 6.04. The summed E-state index contributed by atoms with van der Waals surface area (Å²) in [6.07, 6.45) is -0.651. The van der Waals surface area contributed by atoms with Crippen LogP contribution < -0.4 is 0 Å². The first-order valence-corrected chi connectivity index (χ1v) is 6.29. The van der Waals surface area contributed by atoms with Crippen molar-refractivity contribution in [2.75, 3.05) is 0 Å². The molecule has 0 aliphatic heterocycles. The molecular formula is C17H12O2. The molecule has 0 saturated carbocycles. The Hall–Kier alpha value is -2.32. The summed E-state index contributed by atoms with van der Waals surface area (Å²) in [6.45, 7) is 0. The molecular weight excluding hydrogens is 236 g/mol. The Bertz CT molecular complexity index is 805. The number of phenols is 1. The predicted molar refractivity (Wildman–Crippen MR) is 75.1 cm³/mol. The largest absolute Gasteiger partial charge is 0.507 e. The molecule has 19 heavy (non-hydrogen) atoms. The molecule has 1 aliphatic carbocycles. The zero-order valence-electron chi connectivity index (χ0n) is 10.2. The maximum Gasteiger partial charge on any atom is 0.123 e. The van der Waals surface area contributed by atoms with E-state index < -0.39 is 6.10 Å². The molecule has 0 amide bonds. The summed E-state index contributed by atoms with van der Waals surface area (Å²) in [5.41, 5.74) is 3.79. The maximum absolute atomic E-state index is 10.4. The van der Waals surface area contributed by atoms with Crippen molar-refractivity contribution in [3.05, 3.63) is 65.7 Å². The standard InChI is InChI=1S/C17H12O2/c18-15-9-14-16(11-6-2-1-5-10(11)15)12-7-3-4-8-13(12)17(14)19/h1-9,17-19H. The number of hydrogen-bond acceptors (Lipinski definition) is 2. The summed E-state index contributed by atoms with van der Waals surface area (Å²) in [5, 5.41) is 22.3. The average molecular weight is 248 g/mol. The number of aliphatic hydroxyl groups excluding tert-OH is 1. The Labute approximate surface area is 110 Å². The summed E-state index contributed by atoms with van der Waals surface area (Å²) < 4.78 is 0. The summed E-state index contributed by atoms with van der Waals surface area (Å²) in [7, 11) is 0. The highest BCUT2D eigenvalue weighted by Crippen LogP contribution is 2.48. The Morgan fingerprint density at radius 2 is 1.47 bits per heavy atom. The lowest BCUT2D eigenvalue weighted by Gasteiger charge is -2.09. The van der Waals surface area contributed by atoms with Gasteiger partial charge in [0.1, 0.15) is 11.9 Å². The Morgan fingerprint density at radius 3 is 2.32 bits per heavy atom. The van der Waals surface area contributed by atoms with Crippen molar-refractivity contribution in [3.63, 3.8) is 0 Å². The minimum absolute atomic E-state index is 0.223. The van der Waals surface area contributed by atoms with E-state index in [0.29, 0.717) is 0 Å². The van der Waals surface area contributed by atoms with E-state index in [0.717, 1.165) is 33.0 Å². The van der Waals surface area contributed by atoms with Gasteiger partial charge in [0.25, 0.3) is 0 Å². The maximum atomic E-state index is 10.4. The SMILES string of the molecule is Oc1cc2c(c3ccccc13)-c1ccccc1C2O. The lowest BCUT2D eigenvalue weighted by Crippen LogP contribution is -1.93. The first-order valence-electron chi connectivity index (χ1n) is 6.29. The monoisotopic (exact) mass is 248 g/mol. The van der Waals surface area contributed by atoms with Crippen molar-refractivity contribution in [2.24, 2.45) is 0 Å². The second-order valence-electron chi connectivity index (χ2n) is 4.90. The van der Waals surface area contributed by atoms with Gasteiger partial charge in [-0.1, -0.05) is 48.5 Å². The van der Waals surface area contributed by atoms with E-state index in [-0.39, 0.29) is 5.75 Å². The molecule has 0 heterocycles. The fraction of sp³-hybridized carbons (Fsp3) is 0.0588. The van der Waals surface area contributed by atoms with Crippen LogP contribution in [0.15, 0.2) is 54.6 Å². The topological polar surface area (TPSA) is 40.5 Å². The van der Waals surface area contributed by atoms with Crippen molar-refractivity contribution in [1.82, 2.24) is 0 Å². The van der Waals surface area contributed by atoms with Crippen molar-refractivity contribution < 1.29 is 10.2 Å². The summed E-state index contributed by atoms with van der Waals surface area (Å²) in [6, 6.07) is 17.3. The molecule has 2 nitrogen and oxygen atoms in total. The number of fused-ring (bicyclic) bond motifs is 5. The van der Waals surface area contributed by atoms with Crippen molar-refractivity contribution in [2.45, 2.75) is 6.10 Å². The molecule has 0 fully saturated rings. The minimum Gasteiger partial charge on any atom is -0.507 e. The number of rotatable bonds is 0. The molecule has 0 aromatic heterocycles. The van der Waals surface area contributed by atoms with Crippen LogP contribution in [-0.2, 0) is 0 Å². The number of aliphatic hydroxyl groups is 1. The highest BCUT2D eigenvalue weighted by atomic mass is 16.3. The summed E-state index contributed by atoms with van der Waals surface area (Å²) in [4.78, 5) is 0. The van der Waals surface area contributed by atoms with Gasteiger partial charge in [0.15, 0.2) is 0 Å². The molecule has 0 spiro atoms. The fourth-order valence-corrected chi connectivity index (χ4v) is 3.02. The van der Waals surface area contributed by atoms with Gasteiger partial charge in [-0.25, -0.2) is 0 Å². The van der Waals surface area contributed by atoms with Gasteiger partial charge in [-0.15, -0.1) is 0 Å². The van der Waals surface area contributed by atoms with Gasteiger partial charge < -0.3 is 10.2 Å². The van der Waals surface area contributed by atoms with Gasteiger partial charge in [0.05, 0.1) is 0 Å². The van der Waals surface area contributed by atoms with Gasteiger partial charge in [0.2, 0.25) is 0 Å². The van der Waals surface area contributed by atoms with E-state index in [1.807, 2.05) is 48.5 Å². The quantitative estimate of drug-likeness (QED) is 0.638. The number of aromatic hydroxyl groups is 1. The van der Waals surface area contributed by atoms with E-state index in [2.05, 4.69) is 0 Å². The third kappa shape index (κ3) is 1.29. The molecule has 3 aromatic rings. The van der Waals surface area contributed by atoms with E-state index in [1.165, 1.54) is 0 Å². The minimum atomic E-state index is -0.651. The van der Waals surface area contributed by atoms with Crippen LogP contribution in [0.1, 0.15) is 17.2 Å². The molecule has 1 unspecified atom stereocenters. The molecule has 1 atom stereocenters. The van der Waals surface area contributed by atoms with E-state index in [4.69, 9.17) is 0 Å². The van der Waals surface area contributed by atoms with Crippen molar-refractivity contribution in [1.29, 1.82) is 0 Å². The van der Waals surface area contributed by atoms with Gasteiger partial charge >= 0.3 is 0 Å². The van der Waals surface area contributed by atoms with E-state index >= 15 is 0 Å². The lowest BCUT2D eigenvalue weighted by atomic mass is 9.97. The molecule has 2 heteroatoms. The molecule has 0 saturated heterocycles. The highest BCUT2D eigenvalue weighted by Gasteiger charge is 2.29. The molecule has 2 N–H and O–H groups in total. The summed E-state index contributed by atoms with van der Waals surface area (Å²) >= 11 is 0. The first kappa shape index (κ1) is 10.6. The lowest BCUT2D eigenvalue weighted by molar-refractivity contribution is 0.225. The van der Waals surface area contributed by atoms with Crippen LogP contribution >= 0.6 is 0 Å². The average Bonchev–Trinajstić information content (AvgIpc) is 2.73. The molecule has 92 valence electrons. The van der Waals surface area contributed by atoms with Crippen LogP contribution in [0.4, 0.5) is 0 Å². The zero-order valence-corrected chi connectivity index (χ0v) is 10.2. The number of hydrogen-bond donors (Lipinski definition) is 2. The zero-order chi connectivity index (χ0) is 13.0. The fourth-order valence-electron chi connectivity index (χ4n) is 3.02. The molecule has 0 bridgehead atoms. The van der Waals surface area contributed by atoms with Crippen LogP contribution in [0.2, 0.25) is 0 Å². The van der Waals surface area contributed by atoms with E-state index in [1.54, 1.807) is 6.07 Å². The Morgan fingerprint density at radius 1 is 0.789 bits per heavy atom.